The van der Waals surface area contributed by atoms with Crippen LogP contribution in [0.5, 0.6) is 0 Å². The van der Waals surface area contributed by atoms with Crippen molar-refractivity contribution < 1.29 is 0 Å². The van der Waals surface area contributed by atoms with Gasteiger partial charge < -0.3 is 5.73 Å². The first-order valence-corrected chi connectivity index (χ1v) is 8.26. The maximum absolute atomic E-state index is 6.23. The first-order valence-electron chi connectivity index (χ1n) is 8.26. The molecule has 1 atom stereocenters. The van der Waals surface area contributed by atoms with Gasteiger partial charge in [-0.2, -0.15) is 0 Å². The van der Waals surface area contributed by atoms with Crippen molar-refractivity contribution in [1.82, 2.24) is 0 Å². The molecule has 0 radical (unpaired) electrons. The van der Waals surface area contributed by atoms with Crippen molar-refractivity contribution in [2.75, 3.05) is 0 Å². The Morgan fingerprint density at radius 1 is 1.06 bits per heavy atom. The van der Waals surface area contributed by atoms with Gasteiger partial charge in [-0.15, -0.1) is 0 Å². The molecule has 0 aromatic carbocycles. The van der Waals surface area contributed by atoms with Crippen LogP contribution in [0.4, 0.5) is 0 Å². The molecule has 0 bridgehead atoms. The summed E-state index contributed by atoms with van der Waals surface area (Å²) in [5, 5.41) is 0. The molecule has 0 fully saturated rings. The second-order valence-corrected chi connectivity index (χ2v) is 5.98. The predicted molar refractivity (Wildman–Crippen MR) is 81.8 cm³/mol. The molecule has 0 spiro atoms. The summed E-state index contributed by atoms with van der Waals surface area (Å²) in [5.74, 6) is 0. The number of nitrogens with two attached hydrogens (primary N) is 1. The average Bonchev–Trinajstić information content (AvgIpc) is 2.39. The lowest BCUT2D eigenvalue weighted by Gasteiger charge is -2.17. The number of rotatable bonds is 10. The SMILES string of the molecule is CCCCCCCCCC(N)CC1=CCCCC1. The Morgan fingerprint density at radius 2 is 1.78 bits per heavy atom. The lowest BCUT2D eigenvalue weighted by atomic mass is 9.92. The monoisotopic (exact) mass is 251 g/mol. The standard InChI is InChI=1S/C17H33N/c1-2-3-4-5-6-7-11-14-17(18)15-16-12-9-8-10-13-16/h12,17H,2-11,13-15,18H2,1H3. The quantitative estimate of drug-likeness (QED) is 0.411. The summed E-state index contributed by atoms with van der Waals surface area (Å²) in [4.78, 5) is 0. The van der Waals surface area contributed by atoms with E-state index in [1.165, 1.54) is 77.0 Å². The topological polar surface area (TPSA) is 26.0 Å². The van der Waals surface area contributed by atoms with Gasteiger partial charge in [-0.25, -0.2) is 0 Å². The lowest BCUT2D eigenvalue weighted by molar-refractivity contribution is 0.517. The molecule has 0 amide bonds. The molecular formula is C17H33N. The first-order chi connectivity index (χ1) is 8.83. The summed E-state index contributed by atoms with van der Waals surface area (Å²) in [7, 11) is 0. The van der Waals surface area contributed by atoms with Crippen LogP contribution in [0.1, 0.15) is 90.4 Å². The van der Waals surface area contributed by atoms with E-state index in [1.54, 1.807) is 5.57 Å². The Balaban J connectivity index is 1.93. The number of unbranched alkanes of at least 4 members (excludes halogenated alkanes) is 6. The van der Waals surface area contributed by atoms with Crippen molar-refractivity contribution in [2.24, 2.45) is 5.73 Å². The van der Waals surface area contributed by atoms with E-state index < -0.39 is 0 Å². The minimum atomic E-state index is 0.421. The van der Waals surface area contributed by atoms with Gasteiger partial charge in [0.25, 0.3) is 0 Å². The third-order valence-corrected chi connectivity index (χ3v) is 4.09. The Morgan fingerprint density at radius 3 is 2.44 bits per heavy atom. The molecule has 0 aromatic heterocycles. The van der Waals surface area contributed by atoms with Crippen LogP contribution in [0.3, 0.4) is 0 Å². The van der Waals surface area contributed by atoms with Gasteiger partial charge in [-0.1, -0.05) is 63.5 Å². The van der Waals surface area contributed by atoms with Gasteiger partial charge in [0, 0.05) is 6.04 Å². The molecule has 0 saturated carbocycles. The Bertz CT molecular complexity index is 220. The zero-order valence-electron chi connectivity index (χ0n) is 12.4. The first kappa shape index (κ1) is 15.8. The number of hydrogen-bond acceptors (Lipinski definition) is 1. The van der Waals surface area contributed by atoms with Crippen LogP contribution in [0.25, 0.3) is 0 Å². The van der Waals surface area contributed by atoms with Crippen LogP contribution in [0.2, 0.25) is 0 Å². The van der Waals surface area contributed by atoms with E-state index in [2.05, 4.69) is 13.0 Å². The van der Waals surface area contributed by atoms with Crippen LogP contribution in [0.15, 0.2) is 11.6 Å². The van der Waals surface area contributed by atoms with Crippen molar-refractivity contribution in [3.05, 3.63) is 11.6 Å². The zero-order chi connectivity index (χ0) is 13.1. The van der Waals surface area contributed by atoms with E-state index in [0.717, 1.165) is 6.42 Å². The van der Waals surface area contributed by atoms with Crippen LogP contribution >= 0.6 is 0 Å². The van der Waals surface area contributed by atoms with E-state index in [0.29, 0.717) is 6.04 Å². The van der Waals surface area contributed by atoms with Gasteiger partial charge in [0.1, 0.15) is 0 Å². The number of allylic oxidation sites excluding steroid dienone is 1. The van der Waals surface area contributed by atoms with Gasteiger partial charge in [0.05, 0.1) is 0 Å². The van der Waals surface area contributed by atoms with E-state index in [-0.39, 0.29) is 0 Å². The maximum Gasteiger partial charge on any atom is 0.00760 e. The summed E-state index contributed by atoms with van der Waals surface area (Å²) in [6, 6.07) is 0.421. The third-order valence-electron chi connectivity index (χ3n) is 4.09. The fraction of sp³-hybridized carbons (Fsp3) is 0.882. The minimum absolute atomic E-state index is 0.421. The molecule has 0 aliphatic heterocycles. The molecule has 1 rings (SSSR count). The molecule has 0 saturated heterocycles. The van der Waals surface area contributed by atoms with Crippen LogP contribution in [-0.2, 0) is 0 Å². The fourth-order valence-corrected chi connectivity index (χ4v) is 2.89. The highest BCUT2D eigenvalue weighted by Crippen LogP contribution is 2.22. The second kappa shape index (κ2) is 10.6. The van der Waals surface area contributed by atoms with Crippen molar-refractivity contribution in [3.8, 4) is 0 Å². The fourth-order valence-electron chi connectivity index (χ4n) is 2.89. The molecule has 1 aliphatic rings. The smallest absolute Gasteiger partial charge is 0.00760 e. The molecule has 2 N–H and O–H groups in total. The minimum Gasteiger partial charge on any atom is -0.327 e. The Labute approximate surface area is 114 Å². The van der Waals surface area contributed by atoms with Gasteiger partial charge in [0.15, 0.2) is 0 Å². The molecule has 1 nitrogen and oxygen atoms in total. The third kappa shape index (κ3) is 7.92. The van der Waals surface area contributed by atoms with Crippen molar-refractivity contribution >= 4 is 0 Å². The molecular weight excluding hydrogens is 218 g/mol. The molecule has 0 heterocycles. The summed E-state index contributed by atoms with van der Waals surface area (Å²) in [6.07, 6.45) is 19.9. The van der Waals surface area contributed by atoms with Crippen LogP contribution in [-0.4, -0.2) is 6.04 Å². The van der Waals surface area contributed by atoms with Crippen molar-refractivity contribution in [1.29, 1.82) is 0 Å². The largest absolute Gasteiger partial charge is 0.327 e. The van der Waals surface area contributed by atoms with E-state index in [1.807, 2.05) is 0 Å². The van der Waals surface area contributed by atoms with Gasteiger partial charge in [0.2, 0.25) is 0 Å². The molecule has 1 heteroatoms. The van der Waals surface area contributed by atoms with Crippen molar-refractivity contribution in [2.45, 2.75) is 96.4 Å². The van der Waals surface area contributed by atoms with Crippen molar-refractivity contribution in [3.63, 3.8) is 0 Å². The summed E-state index contributed by atoms with van der Waals surface area (Å²) in [6.45, 7) is 2.28. The highest BCUT2D eigenvalue weighted by atomic mass is 14.6. The van der Waals surface area contributed by atoms with Crippen LogP contribution in [0, 0.1) is 0 Å². The maximum atomic E-state index is 6.23. The van der Waals surface area contributed by atoms with Crippen LogP contribution < -0.4 is 5.73 Å². The molecule has 1 aliphatic carbocycles. The van der Waals surface area contributed by atoms with E-state index in [9.17, 15) is 0 Å². The summed E-state index contributed by atoms with van der Waals surface area (Å²) < 4.78 is 0. The molecule has 0 aromatic rings. The molecule has 106 valence electrons. The van der Waals surface area contributed by atoms with E-state index >= 15 is 0 Å². The molecule has 1 unspecified atom stereocenters. The van der Waals surface area contributed by atoms with Gasteiger partial charge in [-0.3, -0.25) is 0 Å². The lowest BCUT2D eigenvalue weighted by Crippen LogP contribution is -2.20. The number of hydrogen-bond donors (Lipinski definition) is 1. The Kier molecular flexibility index (Phi) is 9.28. The second-order valence-electron chi connectivity index (χ2n) is 5.98. The van der Waals surface area contributed by atoms with E-state index in [4.69, 9.17) is 5.73 Å². The summed E-state index contributed by atoms with van der Waals surface area (Å²) in [5.41, 5.74) is 7.86. The summed E-state index contributed by atoms with van der Waals surface area (Å²) >= 11 is 0. The van der Waals surface area contributed by atoms with Gasteiger partial charge in [-0.05, 0) is 38.5 Å². The molecule has 18 heavy (non-hydrogen) atoms. The zero-order valence-corrected chi connectivity index (χ0v) is 12.4. The average molecular weight is 251 g/mol. The highest BCUT2D eigenvalue weighted by molar-refractivity contribution is 5.06. The Hall–Kier alpha value is -0.300. The van der Waals surface area contributed by atoms with Gasteiger partial charge >= 0.3 is 0 Å². The predicted octanol–water partition coefficient (Wildman–Crippen LogP) is 5.34. The normalized spacial score (nSPS) is 17.6. The highest BCUT2D eigenvalue weighted by Gasteiger charge is 2.08.